The van der Waals surface area contributed by atoms with Crippen LogP contribution in [0.4, 0.5) is 10.2 Å². The maximum Gasteiger partial charge on any atom is 0.256 e. The van der Waals surface area contributed by atoms with Gasteiger partial charge in [0, 0.05) is 5.56 Å². The number of fused-ring (bicyclic) bond motifs is 1. The molecule has 1 amide bonds. The second-order valence-corrected chi connectivity index (χ2v) is 13.1. The number of aliphatic hydroxyl groups excluding tert-OH is 1. The minimum absolute atomic E-state index is 0.215. The van der Waals surface area contributed by atoms with Gasteiger partial charge in [0.05, 0.1) is 12.9 Å². The third-order valence-corrected chi connectivity index (χ3v) is 11.3. The van der Waals surface area contributed by atoms with E-state index in [-0.39, 0.29) is 18.3 Å². The molecule has 0 radical (unpaired) electrons. The molecule has 1 aliphatic heterocycles. The Morgan fingerprint density at radius 1 is 1.18 bits per heavy atom. The monoisotopic (exact) mass is 487 g/mol. The number of alkyl halides is 1. The van der Waals surface area contributed by atoms with Crippen molar-refractivity contribution < 1.29 is 23.5 Å². The van der Waals surface area contributed by atoms with Crippen LogP contribution in [-0.4, -0.2) is 63.8 Å². The van der Waals surface area contributed by atoms with Gasteiger partial charge in [0.15, 0.2) is 37.7 Å². The zero-order chi connectivity index (χ0) is 24.3. The lowest BCUT2D eigenvalue weighted by Gasteiger charge is -2.33. The Labute approximate surface area is 198 Å². The Morgan fingerprint density at radius 3 is 2.53 bits per heavy atom. The number of nitrogens with zero attached hydrogens (tertiary/aromatic N) is 4. The molecule has 9 nitrogen and oxygen atoms in total. The van der Waals surface area contributed by atoms with Crippen LogP contribution in [0.15, 0.2) is 43.0 Å². The summed E-state index contributed by atoms with van der Waals surface area (Å²) in [7, 11) is -2.14. The van der Waals surface area contributed by atoms with Crippen molar-refractivity contribution in [1.29, 1.82) is 0 Å². The smallest absolute Gasteiger partial charge is 0.256 e. The maximum absolute atomic E-state index is 15.8. The van der Waals surface area contributed by atoms with Gasteiger partial charge >= 0.3 is 0 Å². The lowest BCUT2D eigenvalue weighted by molar-refractivity contribution is -0.0444. The van der Waals surface area contributed by atoms with Crippen LogP contribution in [0.25, 0.3) is 11.2 Å². The van der Waals surface area contributed by atoms with E-state index in [0.717, 1.165) is 18.1 Å². The third-order valence-electron chi connectivity index (χ3n) is 6.67. The zero-order valence-corrected chi connectivity index (χ0v) is 20.5. The summed E-state index contributed by atoms with van der Waals surface area (Å²) >= 11 is 0. The summed E-state index contributed by atoms with van der Waals surface area (Å²) in [6.07, 6.45) is -1.58. The molecule has 3 heterocycles. The van der Waals surface area contributed by atoms with Crippen LogP contribution >= 0.6 is 0 Å². The summed E-state index contributed by atoms with van der Waals surface area (Å²) in [6.45, 7) is 5.85. The topological polar surface area (TPSA) is 111 Å². The van der Waals surface area contributed by atoms with Crippen LogP contribution in [-0.2, 0) is 9.16 Å². The molecular weight excluding hydrogens is 457 g/mol. The maximum atomic E-state index is 15.8. The lowest BCUT2D eigenvalue weighted by atomic mass is 10.1. The molecule has 0 spiro atoms. The number of ether oxygens (including phenoxy) is 1. The van der Waals surface area contributed by atoms with Crippen LogP contribution in [0.5, 0.6) is 0 Å². The normalized spacial score (nSPS) is 22.9. The summed E-state index contributed by atoms with van der Waals surface area (Å²) < 4.78 is 29.5. The molecule has 0 bridgehead atoms. The summed E-state index contributed by atoms with van der Waals surface area (Å²) in [5, 5.41) is 12.6. The van der Waals surface area contributed by atoms with Crippen LogP contribution in [0.1, 0.15) is 37.4 Å². The van der Waals surface area contributed by atoms with Crippen molar-refractivity contribution >= 4 is 31.2 Å². The van der Waals surface area contributed by atoms with Gasteiger partial charge in [-0.15, -0.1) is 0 Å². The highest BCUT2D eigenvalue weighted by molar-refractivity contribution is 6.73. The van der Waals surface area contributed by atoms with Crippen molar-refractivity contribution in [3.05, 3.63) is 48.5 Å². The second kappa shape index (κ2) is 10.3. The quantitative estimate of drug-likeness (QED) is 0.443. The highest BCUT2D eigenvalue weighted by Gasteiger charge is 2.50. The van der Waals surface area contributed by atoms with E-state index in [4.69, 9.17) is 9.16 Å². The van der Waals surface area contributed by atoms with Gasteiger partial charge in [-0.25, -0.2) is 19.3 Å². The summed E-state index contributed by atoms with van der Waals surface area (Å²) in [5.74, 6) is -0.128. The minimum atomic E-state index is -2.14. The number of imidazole rings is 1. The number of anilines is 1. The number of carbonyl (C=O) groups excluding carboxylic acids is 1. The number of carbonyl (C=O) groups is 1. The molecule has 1 aromatic carbocycles. The van der Waals surface area contributed by atoms with Crippen LogP contribution < -0.4 is 5.32 Å². The Hall–Kier alpha value is -2.73. The number of nitrogens with one attached hydrogen (secondary N) is 1. The largest absolute Gasteiger partial charge is 0.408 e. The van der Waals surface area contributed by atoms with E-state index in [0.29, 0.717) is 16.7 Å². The fourth-order valence-corrected chi connectivity index (χ4v) is 7.25. The molecule has 1 aliphatic rings. The van der Waals surface area contributed by atoms with E-state index >= 15 is 4.39 Å². The molecule has 0 saturated carbocycles. The van der Waals surface area contributed by atoms with E-state index in [9.17, 15) is 9.90 Å². The summed E-state index contributed by atoms with van der Waals surface area (Å²) in [5.41, 5.74) is 1.10. The number of benzene rings is 1. The van der Waals surface area contributed by atoms with E-state index in [1.807, 2.05) is 6.07 Å². The SMILES string of the molecule is CC[Si](CC)(CC)O[C@H]1[C@H](F)[C@H](n2cnc3c(NC(=O)c4ccccc4)ncnc32)O[C@@H]1CO. The van der Waals surface area contributed by atoms with E-state index in [2.05, 4.69) is 41.0 Å². The van der Waals surface area contributed by atoms with Gasteiger partial charge in [-0.05, 0) is 30.3 Å². The average Bonchev–Trinajstić information content (AvgIpc) is 3.44. The number of aromatic nitrogens is 4. The van der Waals surface area contributed by atoms with Gasteiger partial charge in [-0.1, -0.05) is 39.0 Å². The Morgan fingerprint density at radius 2 is 1.88 bits per heavy atom. The first-order valence-corrected chi connectivity index (χ1v) is 14.1. The molecule has 0 unspecified atom stereocenters. The minimum Gasteiger partial charge on any atom is -0.408 e. The Kier molecular flexibility index (Phi) is 7.36. The molecule has 2 N–H and O–H groups in total. The standard InChI is InChI=1S/C23H30FN5O4Si/c1-4-34(5-2,6-3)33-19-16(12-30)32-23(17(19)24)29-14-27-18-20(25-13-26-21(18)29)28-22(31)15-10-8-7-9-11-15/h7-11,13-14,16-17,19,23,30H,4-6,12H2,1-3H3,(H,25,26,28,31)/t16-,17+,19-,23-/m1/s1. The highest BCUT2D eigenvalue weighted by Crippen LogP contribution is 2.38. The van der Waals surface area contributed by atoms with Crippen molar-refractivity contribution in [2.75, 3.05) is 11.9 Å². The molecular formula is C23H30FN5O4Si. The fourth-order valence-electron chi connectivity index (χ4n) is 4.39. The van der Waals surface area contributed by atoms with E-state index in [1.165, 1.54) is 17.2 Å². The van der Waals surface area contributed by atoms with Crippen molar-refractivity contribution in [3.63, 3.8) is 0 Å². The fraction of sp³-hybridized carbons (Fsp3) is 0.478. The number of rotatable bonds is 9. The van der Waals surface area contributed by atoms with Crippen molar-refractivity contribution in [2.24, 2.45) is 0 Å². The van der Waals surface area contributed by atoms with Crippen molar-refractivity contribution in [2.45, 2.75) is 63.5 Å². The Balaban J connectivity index is 1.61. The molecule has 1 saturated heterocycles. The molecule has 3 aromatic rings. The van der Waals surface area contributed by atoms with E-state index < -0.39 is 32.9 Å². The number of amides is 1. The second-order valence-electron chi connectivity index (χ2n) is 8.38. The third kappa shape index (κ3) is 4.48. The summed E-state index contributed by atoms with van der Waals surface area (Å²) in [4.78, 5) is 25.3. The molecule has 0 aliphatic carbocycles. The number of hydrogen-bond acceptors (Lipinski definition) is 7. The van der Waals surface area contributed by atoms with Gasteiger partial charge in [0.25, 0.3) is 5.91 Å². The average molecular weight is 488 g/mol. The molecule has 11 heteroatoms. The first kappa shape index (κ1) is 24.4. The zero-order valence-electron chi connectivity index (χ0n) is 19.5. The first-order valence-electron chi connectivity index (χ1n) is 11.6. The van der Waals surface area contributed by atoms with Gasteiger partial charge in [-0.2, -0.15) is 0 Å². The van der Waals surface area contributed by atoms with Crippen LogP contribution in [0.2, 0.25) is 18.1 Å². The number of hydrogen-bond donors (Lipinski definition) is 2. The van der Waals surface area contributed by atoms with Gasteiger partial charge in [0.2, 0.25) is 0 Å². The van der Waals surface area contributed by atoms with Gasteiger partial charge in [-0.3, -0.25) is 9.36 Å². The predicted octanol–water partition coefficient (Wildman–Crippen LogP) is 3.70. The first-order chi connectivity index (χ1) is 16.5. The van der Waals surface area contributed by atoms with Crippen LogP contribution in [0, 0.1) is 0 Å². The molecule has 2 aromatic heterocycles. The predicted molar refractivity (Wildman–Crippen MR) is 128 cm³/mol. The van der Waals surface area contributed by atoms with Gasteiger partial charge in [0.1, 0.15) is 18.5 Å². The molecule has 182 valence electrons. The molecule has 4 rings (SSSR count). The number of aliphatic hydroxyl groups is 1. The van der Waals surface area contributed by atoms with Crippen molar-refractivity contribution in [3.8, 4) is 0 Å². The van der Waals surface area contributed by atoms with Crippen molar-refractivity contribution in [1.82, 2.24) is 19.5 Å². The molecule has 1 fully saturated rings. The number of halogens is 1. The Bertz CT molecular complexity index is 1120. The van der Waals surface area contributed by atoms with E-state index in [1.54, 1.807) is 24.3 Å². The van der Waals surface area contributed by atoms with Crippen LogP contribution in [0.3, 0.4) is 0 Å². The molecule has 4 atom stereocenters. The molecule has 34 heavy (non-hydrogen) atoms. The highest BCUT2D eigenvalue weighted by atomic mass is 28.4. The van der Waals surface area contributed by atoms with Gasteiger partial charge < -0.3 is 19.6 Å². The summed E-state index contributed by atoms with van der Waals surface area (Å²) in [6, 6.07) is 11.3. The lowest BCUT2D eigenvalue weighted by Crippen LogP contribution is -2.46.